The minimum Gasteiger partial charge on any atom is -0.480 e. The molecule has 236 valence electrons. The first-order valence-electron chi connectivity index (χ1n) is 13.3. The molecule has 4 rings (SSSR count). The summed E-state index contributed by atoms with van der Waals surface area (Å²) in [6.07, 6.45) is -5.06. The highest BCUT2D eigenvalue weighted by Gasteiger charge is 2.46. The Bertz CT molecular complexity index is 1730. The molecule has 2 aromatic carbocycles. The first-order valence-corrected chi connectivity index (χ1v) is 13.3. The number of nitrogens with one attached hydrogen (secondary N) is 1. The second-order valence-corrected chi connectivity index (χ2v) is 10.5. The van der Waals surface area contributed by atoms with E-state index in [-0.39, 0.29) is 25.1 Å². The lowest BCUT2D eigenvalue weighted by Gasteiger charge is -2.38. The minimum absolute atomic E-state index is 0.111. The standard InChI is InChI=1S/C29H29F5N4O6/c1-14-9-16(5-6-18(14)23-15(2)36(3)28(43)37(4)26(23)40)10-21(27(41)42)35-25(39)24-19(30)11-17(12-20(24)31)38-7-8-44-13-22(38)29(32,33)34/h5-6,9,11-12,21-22H,7-8,10,13H2,1-4H3,(H,35,39)(H,41,42)/t21-,22+/m0/s1. The molecule has 1 saturated heterocycles. The van der Waals surface area contributed by atoms with E-state index in [1.165, 1.54) is 24.7 Å². The molecule has 0 radical (unpaired) electrons. The van der Waals surface area contributed by atoms with E-state index < -0.39 is 70.9 Å². The van der Waals surface area contributed by atoms with E-state index >= 15 is 0 Å². The molecule has 0 saturated carbocycles. The zero-order valence-electron chi connectivity index (χ0n) is 24.1. The van der Waals surface area contributed by atoms with Gasteiger partial charge in [-0.25, -0.2) is 18.4 Å². The van der Waals surface area contributed by atoms with E-state index in [0.717, 1.165) is 9.47 Å². The number of alkyl halides is 3. The van der Waals surface area contributed by atoms with Crippen LogP contribution in [0.4, 0.5) is 27.6 Å². The van der Waals surface area contributed by atoms with Crippen molar-refractivity contribution in [1.29, 1.82) is 0 Å². The zero-order valence-corrected chi connectivity index (χ0v) is 24.1. The van der Waals surface area contributed by atoms with Crippen molar-refractivity contribution in [2.75, 3.05) is 24.7 Å². The largest absolute Gasteiger partial charge is 0.480 e. The molecule has 0 unspecified atom stereocenters. The summed E-state index contributed by atoms with van der Waals surface area (Å²) in [5.74, 6) is -5.86. The second kappa shape index (κ2) is 12.2. The Morgan fingerprint density at radius 1 is 1.07 bits per heavy atom. The Labute approximate surface area is 247 Å². The highest BCUT2D eigenvalue weighted by Crippen LogP contribution is 2.33. The van der Waals surface area contributed by atoms with Crippen LogP contribution in [0.1, 0.15) is 27.2 Å². The van der Waals surface area contributed by atoms with Crippen LogP contribution < -0.4 is 21.5 Å². The molecule has 0 aliphatic carbocycles. The summed E-state index contributed by atoms with van der Waals surface area (Å²) in [5, 5.41) is 11.8. The van der Waals surface area contributed by atoms with Gasteiger partial charge in [-0.3, -0.25) is 14.2 Å². The number of amides is 1. The van der Waals surface area contributed by atoms with Crippen molar-refractivity contribution in [1.82, 2.24) is 14.5 Å². The Hall–Kier alpha value is -4.53. The zero-order chi connectivity index (χ0) is 32.7. The van der Waals surface area contributed by atoms with Gasteiger partial charge in [0, 0.05) is 38.4 Å². The second-order valence-electron chi connectivity index (χ2n) is 10.5. The third kappa shape index (κ3) is 6.23. The Kier molecular flexibility index (Phi) is 9.00. The molecule has 15 heteroatoms. The summed E-state index contributed by atoms with van der Waals surface area (Å²) < 4.78 is 77.5. The maximum absolute atomic E-state index is 15.0. The van der Waals surface area contributed by atoms with Gasteiger partial charge >= 0.3 is 17.8 Å². The number of anilines is 1. The molecule has 10 nitrogen and oxygen atoms in total. The number of aromatic nitrogens is 2. The van der Waals surface area contributed by atoms with Gasteiger partial charge in [0.05, 0.1) is 18.8 Å². The van der Waals surface area contributed by atoms with Gasteiger partial charge in [-0.2, -0.15) is 13.2 Å². The molecular formula is C29H29F5N4O6. The number of benzene rings is 2. The summed E-state index contributed by atoms with van der Waals surface area (Å²) in [6.45, 7) is 2.13. The number of carboxylic acids is 1. The number of carboxylic acid groups (broad SMARTS) is 1. The number of aryl methyl sites for hydroxylation is 1. The fourth-order valence-corrected chi connectivity index (χ4v) is 5.18. The van der Waals surface area contributed by atoms with Crippen LogP contribution in [0, 0.1) is 25.5 Å². The average molecular weight is 625 g/mol. The maximum atomic E-state index is 15.0. The molecule has 2 atom stereocenters. The first kappa shape index (κ1) is 32.4. The van der Waals surface area contributed by atoms with Crippen LogP contribution in [0.25, 0.3) is 11.1 Å². The molecule has 1 amide bonds. The summed E-state index contributed by atoms with van der Waals surface area (Å²) in [5.41, 5.74) is -0.465. The van der Waals surface area contributed by atoms with Crippen LogP contribution in [-0.2, 0) is 30.0 Å². The van der Waals surface area contributed by atoms with E-state index in [2.05, 4.69) is 5.32 Å². The summed E-state index contributed by atoms with van der Waals surface area (Å²) in [6, 6.07) is 2.05. The van der Waals surface area contributed by atoms with E-state index in [0.29, 0.717) is 34.5 Å². The molecule has 2 N–H and O–H groups in total. The van der Waals surface area contributed by atoms with Gasteiger partial charge in [-0.1, -0.05) is 18.2 Å². The summed E-state index contributed by atoms with van der Waals surface area (Å²) in [7, 11) is 2.87. The number of rotatable bonds is 7. The lowest BCUT2D eigenvalue weighted by atomic mass is 9.95. The van der Waals surface area contributed by atoms with E-state index in [4.69, 9.17) is 4.74 Å². The Balaban J connectivity index is 1.58. The van der Waals surface area contributed by atoms with Crippen molar-refractivity contribution >= 4 is 17.6 Å². The normalized spacial score (nSPS) is 16.1. The van der Waals surface area contributed by atoms with Crippen molar-refractivity contribution in [2.45, 2.75) is 38.5 Å². The van der Waals surface area contributed by atoms with Crippen LogP contribution >= 0.6 is 0 Å². The first-order chi connectivity index (χ1) is 20.5. The third-order valence-corrected chi connectivity index (χ3v) is 7.65. The lowest BCUT2D eigenvalue weighted by Crippen LogP contribution is -2.53. The molecule has 1 fully saturated rings. The van der Waals surface area contributed by atoms with Gasteiger partial charge < -0.3 is 24.6 Å². The highest BCUT2D eigenvalue weighted by atomic mass is 19.4. The van der Waals surface area contributed by atoms with Crippen molar-refractivity contribution < 1.29 is 41.4 Å². The Morgan fingerprint density at radius 2 is 1.70 bits per heavy atom. The molecule has 1 aromatic heterocycles. The van der Waals surface area contributed by atoms with Crippen LogP contribution in [0.5, 0.6) is 0 Å². The van der Waals surface area contributed by atoms with Crippen molar-refractivity contribution in [3.05, 3.63) is 85.2 Å². The molecule has 0 bridgehead atoms. The van der Waals surface area contributed by atoms with Crippen molar-refractivity contribution in [3.63, 3.8) is 0 Å². The number of nitrogens with zero attached hydrogens (tertiary/aromatic N) is 3. The maximum Gasteiger partial charge on any atom is 0.411 e. The number of halogens is 5. The number of aliphatic carboxylic acids is 1. The van der Waals surface area contributed by atoms with E-state index in [9.17, 15) is 46.2 Å². The number of morpholine rings is 1. The molecule has 44 heavy (non-hydrogen) atoms. The van der Waals surface area contributed by atoms with Gasteiger partial charge in [0.25, 0.3) is 11.5 Å². The van der Waals surface area contributed by atoms with Crippen LogP contribution in [0.15, 0.2) is 39.9 Å². The molecule has 1 aliphatic rings. The molecule has 0 spiro atoms. The Morgan fingerprint density at radius 3 is 2.27 bits per heavy atom. The molecule has 1 aliphatic heterocycles. The predicted molar refractivity (Wildman–Crippen MR) is 149 cm³/mol. The van der Waals surface area contributed by atoms with Gasteiger partial charge in [-0.05, 0) is 42.7 Å². The van der Waals surface area contributed by atoms with Gasteiger partial charge in [0.2, 0.25) is 0 Å². The van der Waals surface area contributed by atoms with Gasteiger partial charge in [0.15, 0.2) is 0 Å². The smallest absolute Gasteiger partial charge is 0.411 e. The predicted octanol–water partition coefficient (Wildman–Crippen LogP) is 2.84. The molecule has 2 heterocycles. The van der Waals surface area contributed by atoms with Crippen LogP contribution in [0.3, 0.4) is 0 Å². The van der Waals surface area contributed by atoms with Crippen molar-refractivity contribution in [3.8, 4) is 11.1 Å². The highest BCUT2D eigenvalue weighted by molar-refractivity contribution is 5.97. The van der Waals surface area contributed by atoms with E-state index in [1.807, 2.05) is 0 Å². The van der Waals surface area contributed by atoms with Crippen molar-refractivity contribution in [2.24, 2.45) is 14.1 Å². The third-order valence-electron chi connectivity index (χ3n) is 7.65. The SMILES string of the molecule is Cc1cc(C[C@H](NC(=O)c2c(F)cc(N3CCOC[C@@H]3C(F)(F)F)cc2F)C(=O)O)ccc1-c1c(C)n(C)c(=O)n(C)c1=O. The number of hydrogen-bond donors (Lipinski definition) is 2. The summed E-state index contributed by atoms with van der Waals surface area (Å²) >= 11 is 0. The monoisotopic (exact) mass is 624 g/mol. The number of carbonyl (C=O) groups excluding carboxylic acids is 1. The number of ether oxygens (including phenoxy) is 1. The summed E-state index contributed by atoms with van der Waals surface area (Å²) in [4.78, 5) is 50.7. The quantitative estimate of drug-likeness (QED) is 0.388. The van der Waals surface area contributed by atoms with Crippen LogP contribution in [-0.4, -0.2) is 64.1 Å². The number of carbonyl (C=O) groups is 2. The molecular weight excluding hydrogens is 595 g/mol. The fraction of sp³-hybridized carbons (Fsp3) is 0.379. The van der Waals surface area contributed by atoms with Gasteiger partial charge in [0.1, 0.15) is 29.3 Å². The topological polar surface area (TPSA) is 123 Å². The lowest BCUT2D eigenvalue weighted by molar-refractivity contribution is -0.167. The fourth-order valence-electron chi connectivity index (χ4n) is 5.18. The van der Waals surface area contributed by atoms with Crippen LogP contribution in [0.2, 0.25) is 0 Å². The van der Waals surface area contributed by atoms with Gasteiger partial charge in [-0.15, -0.1) is 0 Å². The average Bonchev–Trinajstić information content (AvgIpc) is 2.95. The molecule has 3 aromatic rings. The number of hydrogen-bond acceptors (Lipinski definition) is 6. The van der Waals surface area contributed by atoms with E-state index in [1.54, 1.807) is 26.0 Å². The minimum atomic E-state index is -4.75.